The molecule has 1 aliphatic heterocycles. The average Bonchev–Trinajstić information content (AvgIpc) is 2.93. The van der Waals surface area contributed by atoms with Crippen LogP contribution < -0.4 is 5.73 Å². The maximum atomic E-state index is 9.13. The van der Waals surface area contributed by atoms with Crippen LogP contribution in [0.5, 0.6) is 0 Å². The quantitative estimate of drug-likeness (QED) is 0.675. The molecule has 0 aromatic carbocycles. The van der Waals surface area contributed by atoms with Crippen molar-refractivity contribution in [2.45, 2.75) is 12.1 Å². The van der Waals surface area contributed by atoms with Crippen molar-refractivity contribution in [3.8, 4) is 0 Å². The predicted octanol–water partition coefficient (Wildman–Crippen LogP) is -0.708. The molecule has 1 aliphatic rings. The van der Waals surface area contributed by atoms with Crippen LogP contribution in [0.3, 0.4) is 0 Å². The second kappa shape index (κ2) is 4.00. The van der Waals surface area contributed by atoms with Gasteiger partial charge in [-0.05, 0) is 5.57 Å². The summed E-state index contributed by atoms with van der Waals surface area (Å²) < 4.78 is 7.02. The summed E-state index contributed by atoms with van der Waals surface area (Å²) in [5, 5.41) is 17.1. The molecule has 8 heteroatoms. The van der Waals surface area contributed by atoms with E-state index in [4.69, 9.17) is 15.6 Å². The smallest absolute Gasteiger partial charge is 0.184 e. The van der Waals surface area contributed by atoms with Crippen LogP contribution in [-0.2, 0) is 4.74 Å². The molecule has 0 unspecified atom stereocenters. The van der Waals surface area contributed by atoms with Crippen LogP contribution in [0.4, 0.5) is 5.82 Å². The molecule has 2 atom stereocenters. The molecule has 0 aliphatic carbocycles. The van der Waals surface area contributed by atoms with E-state index in [0.29, 0.717) is 17.8 Å². The molecule has 8 nitrogen and oxygen atoms in total. The Hall–Kier alpha value is -2.06. The van der Waals surface area contributed by atoms with Crippen molar-refractivity contribution in [1.82, 2.24) is 25.0 Å². The average molecular weight is 248 g/mol. The Kier molecular flexibility index (Phi) is 2.46. The molecule has 2 aromatic rings. The minimum atomic E-state index is -0.367. The lowest BCUT2D eigenvalue weighted by atomic mass is 10.1. The molecule has 0 radical (unpaired) electrons. The second-order valence-electron chi connectivity index (χ2n) is 4.06. The Morgan fingerprint density at radius 3 is 3.11 bits per heavy atom. The highest BCUT2D eigenvalue weighted by atomic mass is 16.5. The van der Waals surface area contributed by atoms with Crippen LogP contribution in [0.1, 0.15) is 6.04 Å². The van der Waals surface area contributed by atoms with Gasteiger partial charge in [-0.15, -0.1) is 5.10 Å². The lowest BCUT2D eigenvalue weighted by Gasteiger charge is -2.11. The number of nitrogens with two attached hydrogens (primary N) is 1. The summed E-state index contributed by atoms with van der Waals surface area (Å²) in [6.07, 6.45) is 0.994. The molecule has 94 valence electrons. The molecule has 1 fully saturated rings. The van der Waals surface area contributed by atoms with E-state index in [9.17, 15) is 0 Å². The monoisotopic (exact) mass is 248 g/mol. The van der Waals surface area contributed by atoms with Crippen molar-refractivity contribution in [3.05, 3.63) is 18.5 Å². The first kappa shape index (κ1) is 11.1. The zero-order valence-corrected chi connectivity index (χ0v) is 9.52. The van der Waals surface area contributed by atoms with Gasteiger partial charge in [0.25, 0.3) is 0 Å². The first-order valence-corrected chi connectivity index (χ1v) is 5.45. The molecular weight excluding hydrogens is 236 g/mol. The zero-order chi connectivity index (χ0) is 12.7. The number of aromatic nitrogens is 5. The van der Waals surface area contributed by atoms with Crippen molar-refractivity contribution in [2.75, 3.05) is 18.9 Å². The maximum absolute atomic E-state index is 9.13. The Labute approximate surface area is 102 Å². The largest absolute Gasteiger partial charge is 0.393 e. The fraction of sp³-hybridized carbons (Fsp3) is 0.400. The van der Waals surface area contributed by atoms with Gasteiger partial charge in [-0.3, -0.25) is 0 Å². The van der Waals surface area contributed by atoms with E-state index in [2.05, 4.69) is 26.9 Å². The molecule has 3 N–H and O–H groups in total. The second-order valence-corrected chi connectivity index (χ2v) is 4.06. The van der Waals surface area contributed by atoms with Gasteiger partial charge in [0.2, 0.25) is 0 Å². The summed E-state index contributed by atoms with van der Waals surface area (Å²) in [6.45, 7) is 4.21. The Morgan fingerprint density at radius 2 is 2.39 bits per heavy atom. The van der Waals surface area contributed by atoms with Gasteiger partial charge in [-0.2, -0.15) is 0 Å². The number of anilines is 1. The van der Waals surface area contributed by atoms with Crippen molar-refractivity contribution in [1.29, 1.82) is 0 Å². The number of fused-ring (bicyclic) bond motifs is 1. The van der Waals surface area contributed by atoms with Crippen LogP contribution in [-0.4, -0.2) is 49.4 Å². The number of hydrogen-bond donors (Lipinski definition) is 2. The summed E-state index contributed by atoms with van der Waals surface area (Å²) in [5.41, 5.74) is 7.44. The van der Waals surface area contributed by atoms with Gasteiger partial charge < -0.3 is 15.6 Å². The zero-order valence-electron chi connectivity index (χ0n) is 9.52. The van der Waals surface area contributed by atoms with Crippen LogP contribution in [0.2, 0.25) is 0 Å². The number of aliphatic hydroxyl groups excluding tert-OH is 1. The van der Waals surface area contributed by atoms with E-state index in [-0.39, 0.29) is 24.6 Å². The first-order valence-electron chi connectivity index (χ1n) is 5.45. The lowest BCUT2D eigenvalue weighted by Crippen LogP contribution is -2.16. The van der Waals surface area contributed by atoms with E-state index in [1.807, 2.05) is 0 Å². The molecular formula is C10H12N6O2. The number of nitrogens with zero attached hydrogens (tertiary/aromatic N) is 5. The van der Waals surface area contributed by atoms with Gasteiger partial charge in [0, 0.05) is 0 Å². The van der Waals surface area contributed by atoms with Crippen LogP contribution in [0.25, 0.3) is 11.2 Å². The molecule has 3 rings (SSSR count). The SMILES string of the molecule is C=C1[C@H](n2nnc3c(N)ncnc32)CO[C@@H]1CO. The summed E-state index contributed by atoms with van der Waals surface area (Å²) >= 11 is 0. The third-order valence-electron chi connectivity index (χ3n) is 3.05. The molecule has 0 bridgehead atoms. The normalized spacial score (nSPS) is 23.9. The van der Waals surface area contributed by atoms with Crippen LogP contribution in [0, 0.1) is 0 Å². The van der Waals surface area contributed by atoms with E-state index in [1.54, 1.807) is 4.68 Å². The topological polar surface area (TPSA) is 112 Å². The summed E-state index contributed by atoms with van der Waals surface area (Å²) in [7, 11) is 0. The van der Waals surface area contributed by atoms with E-state index < -0.39 is 0 Å². The number of hydrogen-bond acceptors (Lipinski definition) is 7. The van der Waals surface area contributed by atoms with Gasteiger partial charge >= 0.3 is 0 Å². The van der Waals surface area contributed by atoms with Gasteiger partial charge in [0.1, 0.15) is 18.5 Å². The maximum Gasteiger partial charge on any atom is 0.184 e. The highest BCUT2D eigenvalue weighted by Crippen LogP contribution is 2.30. The van der Waals surface area contributed by atoms with Crippen molar-refractivity contribution < 1.29 is 9.84 Å². The third kappa shape index (κ3) is 1.46. The fourth-order valence-electron chi connectivity index (χ4n) is 2.02. The molecule has 3 heterocycles. The van der Waals surface area contributed by atoms with Crippen molar-refractivity contribution in [3.63, 3.8) is 0 Å². The molecule has 1 saturated heterocycles. The van der Waals surface area contributed by atoms with Gasteiger partial charge in [-0.1, -0.05) is 11.8 Å². The fourth-order valence-corrected chi connectivity index (χ4v) is 2.02. The highest BCUT2D eigenvalue weighted by molar-refractivity contribution is 5.80. The molecule has 2 aromatic heterocycles. The summed E-state index contributed by atoms with van der Waals surface area (Å²) in [4.78, 5) is 7.97. The Morgan fingerprint density at radius 1 is 1.56 bits per heavy atom. The number of rotatable bonds is 2. The minimum absolute atomic E-state index is 0.0981. The van der Waals surface area contributed by atoms with E-state index >= 15 is 0 Å². The number of nitrogen functional groups attached to an aromatic ring is 1. The van der Waals surface area contributed by atoms with Crippen LogP contribution in [0.15, 0.2) is 18.5 Å². The lowest BCUT2D eigenvalue weighted by molar-refractivity contribution is 0.0684. The Balaban J connectivity index is 2.06. The molecule has 0 amide bonds. The van der Waals surface area contributed by atoms with Gasteiger partial charge in [0.05, 0.1) is 13.2 Å². The van der Waals surface area contributed by atoms with Crippen molar-refractivity contribution >= 4 is 17.0 Å². The molecule has 18 heavy (non-hydrogen) atoms. The first-order chi connectivity index (χ1) is 8.72. The minimum Gasteiger partial charge on any atom is -0.393 e. The summed E-state index contributed by atoms with van der Waals surface area (Å²) in [6, 6.07) is -0.193. The van der Waals surface area contributed by atoms with Gasteiger partial charge in [0.15, 0.2) is 17.0 Å². The standard InChI is InChI=1S/C10H12N6O2/c1-5-6(3-18-7(5)2-17)16-10-8(14-15-16)9(11)12-4-13-10/h4,6-7,17H,1-3H2,(H2,11,12,13)/t6-,7-/m1/s1. The highest BCUT2D eigenvalue weighted by Gasteiger charge is 2.32. The number of aliphatic hydroxyl groups is 1. The number of ether oxygens (including phenoxy) is 1. The van der Waals surface area contributed by atoms with E-state index in [0.717, 1.165) is 5.57 Å². The Bertz CT molecular complexity index is 609. The predicted molar refractivity (Wildman–Crippen MR) is 62.5 cm³/mol. The van der Waals surface area contributed by atoms with E-state index in [1.165, 1.54) is 6.33 Å². The van der Waals surface area contributed by atoms with Gasteiger partial charge in [-0.25, -0.2) is 14.6 Å². The third-order valence-corrected chi connectivity index (χ3v) is 3.05. The molecule has 0 saturated carbocycles. The van der Waals surface area contributed by atoms with Crippen molar-refractivity contribution in [2.24, 2.45) is 0 Å². The summed E-state index contributed by atoms with van der Waals surface area (Å²) in [5.74, 6) is 0.287. The molecule has 0 spiro atoms. The van der Waals surface area contributed by atoms with Crippen LogP contribution >= 0.6 is 0 Å².